The van der Waals surface area contributed by atoms with E-state index in [4.69, 9.17) is 34.8 Å². The van der Waals surface area contributed by atoms with E-state index in [0.29, 0.717) is 0 Å². The third-order valence-electron chi connectivity index (χ3n) is 3.66. The summed E-state index contributed by atoms with van der Waals surface area (Å²) in [6.45, 7) is -0.332. The quantitative estimate of drug-likeness (QED) is 0.649. The van der Waals surface area contributed by atoms with Crippen molar-refractivity contribution >= 4 is 58.3 Å². The van der Waals surface area contributed by atoms with Crippen molar-refractivity contribution < 1.29 is 14.4 Å². The van der Waals surface area contributed by atoms with Crippen molar-refractivity contribution in [2.75, 3.05) is 18.4 Å². The Bertz CT molecular complexity index is 706. The van der Waals surface area contributed by atoms with Crippen LogP contribution in [0.3, 0.4) is 0 Å². The van der Waals surface area contributed by atoms with E-state index in [-0.39, 0.29) is 45.8 Å². The molecule has 2 aliphatic rings. The number of benzene rings is 1. The molecule has 1 aromatic rings. The zero-order valence-corrected chi connectivity index (χ0v) is 14.1. The summed E-state index contributed by atoms with van der Waals surface area (Å²) in [7, 11) is 0. The summed E-state index contributed by atoms with van der Waals surface area (Å²) in [6.07, 6.45) is 1.80. The van der Waals surface area contributed by atoms with Crippen LogP contribution in [-0.4, -0.2) is 46.8 Å². The molecule has 9 heteroatoms. The van der Waals surface area contributed by atoms with Crippen LogP contribution in [0, 0.1) is 0 Å². The predicted octanol–water partition coefficient (Wildman–Crippen LogP) is 3.01. The highest BCUT2D eigenvalue weighted by molar-refractivity contribution is 6.44. The van der Waals surface area contributed by atoms with Gasteiger partial charge in [0.1, 0.15) is 13.1 Å². The first-order valence-corrected chi connectivity index (χ1v) is 8.05. The van der Waals surface area contributed by atoms with Gasteiger partial charge in [0, 0.05) is 6.04 Å². The van der Waals surface area contributed by atoms with Gasteiger partial charge in [-0.05, 0) is 25.0 Å². The fourth-order valence-corrected chi connectivity index (χ4v) is 2.93. The van der Waals surface area contributed by atoms with Crippen molar-refractivity contribution in [1.82, 2.24) is 9.80 Å². The maximum Gasteiger partial charge on any atom is 0.327 e. The van der Waals surface area contributed by atoms with Crippen molar-refractivity contribution in [3.8, 4) is 0 Å². The number of carbonyl (C=O) groups is 3. The lowest BCUT2D eigenvalue weighted by molar-refractivity contribution is -0.129. The summed E-state index contributed by atoms with van der Waals surface area (Å²) in [4.78, 5) is 38.6. The normalized spacial score (nSPS) is 17.9. The largest absolute Gasteiger partial charge is 0.327 e. The molecular formula is C14H12Cl3N3O3. The predicted molar refractivity (Wildman–Crippen MR) is 86.9 cm³/mol. The van der Waals surface area contributed by atoms with E-state index < -0.39 is 11.9 Å². The molecule has 1 aliphatic heterocycles. The van der Waals surface area contributed by atoms with Gasteiger partial charge in [0.25, 0.3) is 5.91 Å². The van der Waals surface area contributed by atoms with E-state index in [1.807, 2.05) is 0 Å². The molecule has 0 spiro atoms. The summed E-state index contributed by atoms with van der Waals surface area (Å²) >= 11 is 17.7. The fraction of sp³-hybridized carbons (Fsp3) is 0.357. The molecule has 1 aliphatic carbocycles. The van der Waals surface area contributed by atoms with Crippen LogP contribution in [0.2, 0.25) is 15.1 Å². The van der Waals surface area contributed by atoms with Gasteiger partial charge >= 0.3 is 6.03 Å². The van der Waals surface area contributed by atoms with Gasteiger partial charge in [-0.2, -0.15) is 0 Å². The van der Waals surface area contributed by atoms with Gasteiger partial charge in [-0.3, -0.25) is 14.5 Å². The van der Waals surface area contributed by atoms with E-state index in [1.165, 1.54) is 17.0 Å². The van der Waals surface area contributed by atoms with Crippen LogP contribution in [0.1, 0.15) is 12.8 Å². The molecule has 6 nitrogen and oxygen atoms in total. The molecule has 23 heavy (non-hydrogen) atoms. The van der Waals surface area contributed by atoms with Crippen LogP contribution in [0.15, 0.2) is 12.1 Å². The molecule has 3 rings (SSSR count). The Kier molecular flexibility index (Phi) is 4.40. The second-order valence-corrected chi connectivity index (χ2v) is 6.64. The van der Waals surface area contributed by atoms with Gasteiger partial charge in [-0.15, -0.1) is 0 Å². The third kappa shape index (κ3) is 3.39. The van der Waals surface area contributed by atoms with E-state index in [9.17, 15) is 14.4 Å². The van der Waals surface area contributed by atoms with Gasteiger partial charge in [-0.25, -0.2) is 4.79 Å². The number of nitrogens with one attached hydrogen (secondary N) is 1. The zero-order valence-electron chi connectivity index (χ0n) is 11.8. The Morgan fingerprint density at radius 3 is 2.43 bits per heavy atom. The lowest BCUT2D eigenvalue weighted by Crippen LogP contribution is -2.39. The van der Waals surface area contributed by atoms with Crippen molar-refractivity contribution in [3.63, 3.8) is 0 Å². The average Bonchev–Trinajstić information content (AvgIpc) is 3.27. The number of halogens is 3. The average molecular weight is 377 g/mol. The lowest BCUT2D eigenvalue weighted by atomic mass is 10.3. The lowest BCUT2D eigenvalue weighted by Gasteiger charge is -2.16. The number of hydrogen-bond acceptors (Lipinski definition) is 3. The number of urea groups is 1. The molecule has 2 fully saturated rings. The molecular weight excluding hydrogens is 365 g/mol. The molecule has 0 unspecified atom stereocenters. The first-order chi connectivity index (χ1) is 10.9. The number of imide groups is 1. The summed E-state index contributed by atoms with van der Waals surface area (Å²) < 4.78 is 0. The molecule has 0 bridgehead atoms. The summed E-state index contributed by atoms with van der Waals surface area (Å²) in [5.74, 6) is -0.915. The van der Waals surface area contributed by atoms with Crippen LogP contribution in [0.5, 0.6) is 0 Å². The Hall–Kier alpha value is -1.50. The van der Waals surface area contributed by atoms with E-state index in [2.05, 4.69) is 5.32 Å². The highest BCUT2D eigenvalue weighted by atomic mass is 35.5. The van der Waals surface area contributed by atoms with Crippen molar-refractivity contribution in [2.24, 2.45) is 0 Å². The number of amides is 4. The Morgan fingerprint density at radius 2 is 1.78 bits per heavy atom. The van der Waals surface area contributed by atoms with Crippen molar-refractivity contribution in [3.05, 3.63) is 27.2 Å². The Morgan fingerprint density at radius 1 is 1.13 bits per heavy atom. The highest BCUT2D eigenvalue weighted by Gasteiger charge is 2.44. The molecule has 1 N–H and O–H groups in total. The van der Waals surface area contributed by atoms with Crippen molar-refractivity contribution in [2.45, 2.75) is 18.9 Å². The fourth-order valence-electron chi connectivity index (χ4n) is 2.34. The van der Waals surface area contributed by atoms with E-state index in [1.54, 1.807) is 0 Å². The van der Waals surface area contributed by atoms with Crippen molar-refractivity contribution in [1.29, 1.82) is 0 Å². The molecule has 0 aromatic heterocycles. The maximum atomic E-state index is 12.1. The van der Waals surface area contributed by atoms with Crippen LogP contribution >= 0.6 is 34.8 Å². The van der Waals surface area contributed by atoms with Gasteiger partial charge in [0.15, 0.2) is 0 Å². The van der Waals surface area contributed by atoms with E-state index in [0.717, 1.165) is 17.7 Å². The van der Waals surface area contributed by atoms with Crippen LogP contribution in [0.4, 0.5) is 10.5 Å². The number of nitrogens with zero attached hydrogens (tertiary/aromatic N) is 2. The molecule has 0 atom stereocenters. The molecule has 0 radical (unpaired) electrons. The summed E-state index contributed by atoms with van der Waals surface area (Å²) in [5.41, 5.74) is 0.268. The molecule has 1 aromatic carbocycles. The molecule has 1 heterocycles. The SMILES string of the molecule is O=C(CN1C(=O)CN(C2CC2)C1=O)Nc1cc(Cl)c(Cl)cc1Cl. The van der Waals surface area contributed by atoms with Gasteiger partial charge < -0.3 is 10.2 Å². The first kappa shape index (κ1) is 16.4. The minimum absolute atomic E-state index is 0.0321. The Labute approximate surface area is 147 Å². The number of hydrogen-bond donors (Lipinski definition) is 1. The molecule has 1 saturated heterocycles. The van der Waals surface area contributed by atoms with Gasteiger partial charge in [0.05, 0.1) is 20.8 Å². The second-order valence-electron chi connectivity index (χ2n) is 5.42. The monoisotopic (exact) mass is 375 g/mol. The number of rotatable bonds is 4. The second kappa shape index (κ2) is 6.19. The van der Waals surface area contributed by atoms with Crippen LogP contribution < -0.4 is 5.32 Å². The maximum absolute atomic E-state index is 12.1. The summed E-state index contributed by atoms with van der Waals surface area (Å²) in [6, 6.07) is 2.52. The third-order valence-corrected chi connectivity index (χ3v) is 4.69. The molecule has 1 saturated carbocycles. The standard InChI is InChI=1S/C14H12Cl3N3O3/c15-8-3-10(17)11(4-9(8)16)18-12(21)5-20-13(22)6-19(14(20)23)7-1-2-7/h3-4,7H,1-2,5-6H2,(H,18,21). The molecule has 4 amide bonds. The van der Waals surface area contributed by atoms with Crippen LogP contribution in [0.25, 0.3) is 0 Å². The van der Waals surface area contributed by atoms with Gasteiger partial charge in [-0.1, -0.05) is 34.8 Å². The highest BCUT2D eigenvalue weighted by Crippen LogP contribution is 2.32. The minimum atomic E-state index is -0.537. The number of anilines is 1. The van der Waals surface area contributed by atoms with Gasteiger partial charge in [0.2, 0.25) is 5.91 Å². The zero-order chi connectivity index (χ0) is 16.7. The number of carbonyl (C=O) groups excluding carboxylic acids is 3. The first-order valence-electron chi connectivity index (χ1n) is 6.92. The molecule has 122 valence electrons. The summed E-state index contributed by atoms with van der Waals surface area (Å²) in [5, 5.41) is 3.24. The van der Waals surface area contributed by atoms with Crippen LogP contribution in [-0.2, 0) is 9.59 Å². The smallest absolute Gasteiger partial charge is 0.323 e. The minimum Gasteiger partial charge on any atom is -0.323 e. The Balaban J connectivity index is 1.66. The van der Waals surface area contributed by atoms with E-state index >= 15 is 0 Å². The topological polar surface area (TPSA) is 69.7 Å².